The fourth-order valence-electron chi connectivity index (χ4n) is 4.48. The zero-order valence-corrected chi connectivity index (χ0v) is 16.1. The maximum atomic E-state index is 2.76. The number of benzene rings is 1. The number of nitrogens with zero attached hydrogens (tertiary/aromatic N) is 1. The van der Waals surface area contributed by atoms with Crippen LogP contribution in [0.3, 0.4) is 0 Å². The lowest BCUT2D eigenvalue weighted by atomic mass is 9.86. The van der Waals surface area contributed by atoms with Crippen molar-refractivity contribution in [3.05, 3.63) is 75.5 Å². The van der Waals surface area contributed by atoms with E-state index in [0.717, 1.165) is 18.6 Å². The molecular weight excluding hydrogens is 322 g/mol. The first-order valence-corrected chi connectivity index (χ1v) is 10.4. The number of thiophene rings is 1. The standard InChI is InChI=1S/C23H27NS/c1-17(2)10-12-24-21-8-9-22(24)15-20(14-21)23(19-11-13-25-16-19)18-6-4-3-5-7-18/h3-7,10-11,13,16,21-22H,8-9,12,14-15H2,1-2H3. The molecule has 0 aliphatic carbocycles. The Morgan fingerprint density at radius 2 is 1.76 bits per heavy atom. The summed E-state index contributed by atoms with van der Waals surface area (Å²) in [5.74, 6) is 0. The Morgan fingerprint density at radius 1 is 1.04 bits per heavy atom. The van der Waals surface area contributed by atoms with Gasteiger partial charge >= 0.3 is 0 Å². The number of hydrogen-bond acceptors (Lipinski definition) is 2. The predicted molar refractivity (Wildman–Crippen MR) is 109 cm³/mol. The number of allylic oxidation sites excluding steroid dienone is 1. The molecule has 0 N–H and O–H groups in total. The van der Waals surface area contributed by atoms with Crippen LogP contribution in [0.15, 0.2) is 64.4 Å². The lowest BCUT2D eigenvalue weighted by Crippen LogP contribution is -2.40. The second-order valence-corrected chi connectivity index (χ2v) is 8.41. The number of hydrogen-bond donors (Lipinski definition) is 0. The molecule has 2 unspecified atom stereocenters. The molecule has 2 saturated heterocycles. The molecule has 0 amide bonds. The average Bonchev–Trinajstić information content (AvgIpc) is 3.21. The maximum absolute atomic E-state index is 2.76. The van der Waals surface area contributed by atoms with Gasteiger partial charge in [0.2, 0.25) is 0 Å². The number of fused-ring (bicyclic) bond motifs is 2. The van der Waals surface area contributed by atoms with Crippen LogP contribution in [0.5, 0.6) is 0 Å². The molecule has 25 heavy (non-hydrogen) atoms. The third kappa shape index (κ3) is 3.51. The van der Waals surface area contributed by atoms with E-state index in [2.05, 4.69) is 72.0 Å². The highest BCUT2D eigenvalue weighted by atomic mass is 32.1. The van der Waals surface area contributed by atoms with Gasteiger partial charge in [-0.3, -0.25) is 4.90 Å². The highest BCUT2D eigenvalue weighted by molar-refractivity contribution is 7.08. The smallest absolute Gasteiger partial charge is 0.0171 e. The normalized spacial score (nSPS) is 22.9. The highest BCUT2D eigenvalue weighted by Crippen LogP contribution is 2.43. The molecule has 0 radical (unpaired) electrons. The van der Waals surface area contributed by atoms with Crippen molar-refractivity contribution in [2.24, 2.45) is 0 Å². The number of piperidine rings is 1. The van der Waals surface area contributed by atoms with Crippen molar-refractivity contribution in [2.75, 3.05) is 6.54 Å². The molecule has 2 aromatic rings. The van der Waals surface area contributed by atoms with E-state index < -0.39 is 0 Å². The molecule has 2 heteroatoms. The van der Waals surface area contributed by atoms with Crippen LogP contribution in [0.4, 0.5) is 0 Å². The minimum atomic E-state index is 0.724. The van der Waals surface area contributed by atoms with Crippen LogP contribution in [-0.4, -0.2) is 23.5 Å². The van der Waals surface area contributed by atoms with Gasteiger partial charge in [-0.25, -0.2) is 0 Å². The maximum Gasteiger partial charge on any atom is 0.0171 e. The van der Waals surface area contributed by atoms with Crippen molar-refractivity contribution in [3.63, 3.8) is 0 Å². The first-order chi connectivity index (χ1) is 12.2. The second-order valence-electron chi connectivity index (χ2n) is 7.63. The number of rotatable bonds is 4. The van der Waals surface area contributed by atoms with E-state index in [9.17, 15) is 0 Å². The first kappa shape index (κ1) is 16.8. The van der Waals surface area contributed by atoms with E-state index in [-0.39, 0.29) is 0 Å². The molecule has 130 valence electrons. The Balaban J connectivity index is 1.68. The van der Waals surface area contributed by atoms with Crippen molar-refractivity contribution < 1.29 is 0 Å². The van der Waals surface area contributed by atoms with Gasteiger partial charge in [-0.05, 0) is 73.1 Å². The largest absolute Gasteiger partial charge is 0.293 e. The van der Waals surface area contributed by atoms with E-state index in [1.807, 2.05) is 0 Å². The predicted octanol–water partition coefficient (Wildman–Crippen LogP) is 6.14. The van der Waals surface area contributed by atoms with Gasteiger partial charge in [0.15, 0.2) is 0 Å². The topological polar surface area (TPSA) is 3.24 Å². The third-order valence-corrected chi connectivity index (χ3v) is 6.35. The Hall–Kier alpha value is -1.64. The lowest BCUT2D eigenvalue weighted by molar-refractivity contribution is 0.186. The summed E-state index contributed by atoms with van der Waals surface area (Å²) in [5.41, 5.74) is 7.39. The van der Waals surface area contributed by atoms with E-state index in [0.29, 0.717) is 0 Å². The Labute approximate surface area is 155 Å². The third-order valence-electron chi connectivity index (χ3n) is 5.67. The molecule has 2 aliphatic rings. The summed E-state index contributed by atoms with van der Waals surface area (Å²) in [6, 6.07) is 14.7. The highest BCUT2D eigenvalue weighted by Gasteiger charge is 2.38. The van der Waals surface area contributed by atoms with E-state index in [1.165, 1.54) is 48.0 Å². The molecule has 0 saturated carbocycles. The van der Waals surface area contributed by atoms with Crippen molar-refractivity contribution in [1.82, 2.24) is 4.90 Å². The van der Waals surface area contributed by atoms with Gasteiger partial charge in [0, 0.05) is 18.6 Å². The zero-order valence-electron chi connectivity index (χ0n) is 15.2. The van der Waals surface area contributed by atoms with Gasteiger partial charge in [-0.15, -0.1) is 0 Å². The van der Waals surface area contributed by atoms with Gasteiger partial charge in [-0.1, -0.05) is 47.6 Å². The molecule has 1 aromatic carbocycles. The summed E-state index contributed by atoms with van der Waals surface area (Å²) in [6.07, 6.45) is 7.57. The minimum absolute atomic E-state index is 0.724. The van der Waals surface area contributed by atoms with Crippen LogP contribution in [0.25, 0.3) is 5.57 Å². The summed E-state index contributed by atoms with van der Waals surface area (Å²) in [5, 5.41) is 4.52. The van der Waals surface area contributed by atoms with E-state index in [4.69, 9.17) is 0 Å². The van der Waals surface area contributed by atoms with Crippen molar-refractivity contribution in [2.45, 2.75) is 51.6 Å². The Bertz CT molecular complexity index is 750. The van der Waals surface area contributed by atoms with Crippen LogP contribution < -0.4 is 0 Å². The molecule has 2 aliphatic heterocycles. The van der Waals surface area contributed by atoms with Gasteiger partial charge in [0.1, 0.15) is 0 Å². The molecule has 2 bridgehead atoms. The summed E-state index contributed by atoms with van der Waals surface area (Å²) in [6.45, 7) is 5.55. The average molecular weight is 350 g/mol. The zero-order chi connectivity index (χ0) is 17.2. The van der Waals surface area contributed by atoms with Crippen molar-refractivity contribution in [1.29, 1.82) is 0 Å². The second kappa shape index (κ2) is 7.31. The molecule has 3 heterocycles. The Kier molecular flexibility index (Phi) is 4.91. The monoisotopic (exact) mass is 349 g/mol. The fourth-order valence-corrected chi connectivity index (χ4v) is 5.13. The minimum Gasteiger partial charge on any atom is -0.293 e. The molecular formula is C23H27NS. The van der Waals surface area contributed by atoms with Crippen molar-refractivity contribution >= 4 is 16.9 Å². The molecule has 1 aromatic heterocycles. The molecule has 1 nitrogen and oxygen atoms in total. The summed E-state index contributed by atoms with van der Waals surface area (Å²) in [7, 11) is 0. The van der Waals surface area contributed by atoms with Crippen LogP contribution in [0, 0.1) is 0 Å². The quantitative estimate of drug-likeness (QED) is 0.599. The van der Waals surface area contributed by atoms with Gasteiger partial charge < -0.3 is 0 Å². The van der Waals surface area contributed by atoms with Crippen LogP contribution >= 0.6 is 11.3 Å². The van der Waals surface area contributed by atoms with Crippen molar-refractivity contribution in [3.8, 4) is 0 Å². The van der Waals surface area contributed by atoms with Gasteiger partial charge in [-0.2, -0.15) is 11.3 Å². The molecule has 2 fully saturated rings. The van der Waals surface area contributed by atoms with Crippen LogP contribution in [-0.2, 0) is 0 Å². The Morgan fingerprint density at radius 3 is 2.36 bits per heavy atom. The fraction of sp³-hybridized carbons (Fsp3) is 0.391. The summed E-state index contributed by atoms with van der Waals surface area (Å²) in [4.78, 5) is 2.76. The van der Waals surface area contributed by atoms with Crippen LogP contribution in [0.2, 0.25) is 0 Å². The SMILES string of the molecule is CC(C)=CCN1C2CCC1CC(=C(c1ccccc1)c1ccsc1)C2. The van der Waals surface area contributed by atoms with E-state index in [1.54, 1.807) is 16.9 Å². The summed E-state index contributed by atoms with van der Waals surface area (Å²) < 4.78 is 0. The van der Waals surface area contributed by atoms with E-state index >= 15 is 0 Å². The van der Waals surface area contributed by atoms with Crippen LogP contribution in [0.1, 0.15) is 50.7 Å². The molecule has 2 atom stereocenters. The summed E-state index contributed by atoms with van der Waals surface area (Å²) >= 11 is 1.80. The molecule has 0 spiro atoms. The lowest BCUT2D eigenvalue weighted by Gasteiger charge is -2.36. The first-order valence-electron chi connectivity index (χ1n) is 9.41. The molecule has 4 rings (SSSR count). The van der Waals surface area contributed by atoms with Gasteiger partial charge in [0.25, 0.3) is 0 Å². The van der Waals surface area contributed by atoms with Gasteiger partial charge in [0.05, 0.1) is 0 Å².